The third-order valence-corrected chi connectivity index (χ3v) is 3.47. The van der Waals surface area contributed by atoms with Crippen LogP contribution < -0.4 is 11.3 Å². The van der Waals surface area contributed by atoms with Crippen molar-refractivity contribution in [2.45, 2.75) is 33.1 Å². The number of hydrogen-bond acceptors (Lipinski definition) is 2. The van der Waals surface area contributed by atoms with E-state index < -0.39 is 0 Å². The van der Waals surface area contributed by atoms with E-state index in [0.717, 1.165) is 16.9 Å². The van der Waals surface area contributed by atoms with Crippen molar-refractivity contribution in [1.82, 2.24) is 9.78 Å². The number of aromatic amines is 1. The van der Waals surface area contributed by atoms with Gasteiger partial charge in [0.05, 0.1) is 5.69 Å². The molecule has 3 N–H and O–H groups in total. The zero-order valence-electron chi connectivity index (χ0n) is 11.7. The third kappa shape index (κ3) is 2.63. The molecule has 4 nitrogen and oxygen atoms in total. The number of nitrogens with zero attached hydrogens (tertiary/aromatic N) is 1. The highest BCUT2D eigenvalue weighted by atomic mass is 16.1. The first-order valence-corrected chi connectivity index (χ1v) is 6.65. The van der Waals surface area contributed by atoms with Crippen LogP contribution in [0.3, 0.4) is 0 Å². The fourth-order valence-electron chi connectivity index (χ4n) is 2.26. The minimum atomic E-state index is -0.0455. The molecule has 0 spiro atoms. The Kier molecular flexibility index (Phi) is 3.90. The normalized spacial score (nSPS) is 11.2. The lowest BCUT2D eigenvalue weighted by atomic mass is 10.0. The van der Waals surface area contributed by atoms with Gasteiger partial charge in [-0.15, -0.1) is 0 Å². The Balaban J connectivity index is 2.42. The SMILES string of the molecule is Cc1c(CCN)c(=O)[nH]n1-c1ccc(C(C)C)cc1. The van der Waals surface area contributed by atoms with Gasteiger partial charge in [-0.1, -0.05) is 26.0 Å². The molecule has 0 saturated heterocycles. The molecule has 4 heteroatoms. The lowest BCUT2D eigenvalue weighted by Crippen LogP contribution is -2.12. The van der Waals surface area contributed by atoms with Crippen molar-refractivity contribution < 1.29 is 0 Å². The van der Waals surface area contributed by atoms with Crippen LogP contribution in [-0.4, -0.2) is 16.3 Å². The molecule has 0 unspecified atom stereocenters. The van der Waals surface area contributed by atoms with Crippen LogP contribution in [0.5, 0.6) is 0 Å². The summed E-state index contributed by atoms with van der Waals surface area (Å²) in [6.07, 6.45) is 0.609. The summed E-state index contributed by atoms with van der Waals surface area (Å²) in [6, 6.07) is 8.26. The van der Waals surface area contributed by atoms with E-state index >= 15 is 0 Å². The highest BCUT2D eigenvalue weighted by Crippen LogP contribution is 2.17. The van der Waals surface area contributed by atoms with Crippen molar-refractivity contribution in [1.29, 1.82) is 0 Å². The van der Waals surface area contributed by atoms with E-state index in [1.807, 2.05) is 23.7 Å². The largest absolute Gasteiger partial charge is 0.330 e. The molecule has 0 radical (unpaired) electrons. The fourth-order valence-corrected chi connectivity index (χ4v) is 2.26. The lowest BCUT2D eigenvalue weighted by molar-refractivity contribution is 0.825. The molecular weight excluding hydrogens is 238 g/mol. The maximum Gasteiger partial charge on any atom is 0.267 e. The van der Waals surface area contributed by atoms with Crippen LogP contribution >= 0.6 is 0 Å². The summed E-state index contributed by atoms with van der Waals surface area (Å²) in [4.78, 5) is 11.9. The molecule has 1 heterocycles. The Labute approximate surface area is 113 Å². The molecule has 0 aliphatic carbocycles. The Morgan fingerprint density at radius 1 is 1.26 bits per heavy atom. The molecule has 0 atom stereocenters. The van der Waals surface area contributed by atoms with Gasteiger partial charge >= 0.3 is 0 Å². The first-order valence-electron chi connectivity index (χ1n) is 6.65. The van der Waals surface area contributed by atoms with Gasteiger partial charge in [-0.2, -0.15) is 0 Å². The summed E-state index contributed by atoms with van der Waals surface area (Å²) < 4.78 is 1.83. The quantitative estimate of drug-likeness (QED) is 0.883. The molecule has 19 heavy (non-hydrogen) atoms. The third-order valence-electron chi connectivity index (χ3n) is 3.47. The van der Waals surface area contributed by atoms with Gasteiger partial charge in [-0.3, -0.25) is 14.6 Å². The minimum Gasteiger partial charge on any atom is -0.330 e. The van der Waals surface area contributed by atoms with Crippen molar-refractivity contribution in [3.63, 3.8) is 0 Å². The van der Waals surface area contributed by atoms with E-state index in [2.05, 4.69) is 31.1 Å². The van der Waals surface area contributed by atoms with Crippen molar-refractivity contribution in [2.75, 3.05) is 6.54 Å². The van der Waals surface area contributed by atoms with Gasteiger partial charge < -0.3 is 5.73 Å². The summed E-state index contributed by atoms with van der Waals surface area (Å²) in [5.74, 6) is 0.506. The van der Waals surface area contributed by atoms with Gasteiger partial charge in [0.1, 0.15) is 0 Å². The van der Waals surface area contributed by atoms with Gasteiger partial charge in [0, 0.05) is 11.3 Å². The van der Waals surface area contributed by atoms with Gasteiger partial charge in [0.25, 0.3) is 5.56 Å². The van der Waals surface area contributed by atoms with Crippen molar-refractivity contribution >= 4 is 0 Å². The molecule has 102 valence electrons. The number of hydrogen-bond donors (Lipinski definition) is 2. The molecule has 0 bridgehead atoms. The number of H-pyrrole nitrogens is 1. The first-order chi connectivity index (χ1) is 9.04. The van der Waals surface area contributed by atoms with Crippen LogP contribution in [0.2, 0.25) is 0 Å². The molecule has 0 saturated carbocycles. The first kappa shape index (κ1) is 13.6. The predicted octanol–water partition coefficient (Wildman–Crippen LogP) is 2.10. The van der Waals surface area contributed by atoms with E-state index in [1.54, 1.807) is 0 Å². The average molecular weight is 259 g/mol. The monoisotopic (exact) mass is 259 g/mol. The summed E-state index contributed by atoms with van der Waals surface area (Å²) >= 11 is 0. The van der Waals surface area contributed by atoms with Crippen molar-refractivity contribution in [2.24, 2.45) is 5.73 Å². The molecule has 0 fully saturated rings. The Hall–Kier alpha value is -1.81. The van der Waals surface area contributed by atoms with E-state index in [0.29, 0.717) is 18.9 Å². The van der Waals surface area contributed by atoms with Gasteiger partial charge in [0.2, 0.25) is 0 Å². The molecule has 2 aromatic rings. The Bertz CT molecular complexity index is 605. The molecule has 1 aromatic carbocycles. The molecule has 0 amide bonds. The Morgan fingerprint density at radius 2 is 1.89 bits per heavy atom. The number of nitrogens with one attached hydrogen (secondary N) is 1. The minimum absolute atomic E-state index is 0.0455. The number of rotatable bonds is 4. The average Bonchev–Trinajstić information content (AvgIpc) is 2.67. The smallest absolute Gasteiger partial charge is 0.267 e. The topological polar surface area (TPSA) is 63.8 Å². The van der Waals surface area contributed by atoms with E-state index in [1.165, 1.54) is 5.56 Å². The zero-order valence-corrected chi connectivity index (χ0v) is 11.7. The molecular formula is C15H21N3O. The molecule has 0 aliphatic rings. The van der Waals surface area contributed by atoms with Crippen LogP contribution in [0.15, 0.2) is 29.1 Å². The summed E-state index contributed by atoms with van der Waals surface area (Å²) in [7, 11) is 0. The summed E-state index contributed by atoms with van der Waals surface area (Å²) in [5.41, 5.74) is 9.47. The van der Waals surface area contributed by atoms with E-state index in [9.17, 15) is 4.79 Å². The van der Waals surface area contributed by atoms with Crippen LogP contribution in [0, 0.1) is 6.92 Å². The number of nitrogens with two attached hydrogens (primary N) is 1. The number of benzene rings is 1. The molecule has 1 aromatic heterocycles. The van der Waals surface area contributed by atoms with Gasteiger partial charge in [-0.05, 0) is 43.5 Å². The fraction of sp³-hybridized carbons (Fsp3) is 0.400. The highest BCUT2D eigenvalue weighted by molar-refractivity contribution is 5.37. The number of aromatic nitrogens is 2. The zero-order chi connectivity index (χ0) is 14.0. The van der Waals surface area contributed by atoms with Crippen molar-refractivity contribution in [3.05, 3.63) is 51.4 Å². The molecule has 2 rings (SSSR count). The molecule has 0 aliphatic heterocycles. The second kappa shape index (κ2) is 5.45. The van der Waals surface area contributed by atoms with E-state index in [4.69, 9.17) is 5.73 Å². The van der Waals surface area contributed by atoms with Crippen LogP contribution in [-0.2, 0) is 6.42 Å². The van der Waals surface area contributed by atoms with Crippen LogP contribution in [0.25, 0.3) is 5.69 Å². The van der Waals surface area contributed by atoms with Crippen LogP contribution in [0.1, 0.15) is 36.6 Å². The predicted molar refractivity (Wildman–Crippen MR) is 78.0 cm³/mol. The summed E-state index contributed by atoms with van der Waals surface area (Å²) in [5, 5.41) is 2.87. The van der Waals surface area contributed by atoms with Crippen molar-refractivity contribution in [3.8, 4) is 5.69 Å². The van der Waals surface area contributed by atoms with Gasteiger partial charge in [-0.25, -0.2) is 0 Å². The second-order valence-electron chi connectivity index (χ2n) is 5.13. The maximum atomic E-state index is 11.9. The van der Waals surface area contributed by atoms with E-state index in [-0.39, 0.29) is 5.56 Å². The standard InChI is InChI=1S/C15H21N3O/c1-10(2)12-4-6-13(7-5-12)18-11(3)14(8-9-16)15(19)17-18/h4-7,10H,8-9,16H2,1-3H3,(H,17,19). The summed E-state index contributed by atoms with van der Waals surface area (Å²) in [6.45, 7) is 6.76. The Morgan fingerprint density at radius 3 is 2.42 bits per heavy atom. The van der Waals surface area contributed by atoms with Gasteiger partial charge in [0.15, 0.2) is 0 Å². The highest BCUT2D eigenvalue weighted by Gasteiger charge is 2.11. The second-order valence-corrected chi connectivity index (χ2v) is 5.13. The maximum absolute atomic E-state index is 11.9. The van der Waals surface area contributed by atoms with Crippen LogP contribution in [0.4, 0.5) is 0 Å². The lowest BCUT2D eigenvalue weighted by Gasteiger charge is -2.09.